The van der Waals surface area contributed by atoms with Crippen LogP contribution in [0.2, 0.25) is 5.02 Å². The molecule has 0 saturated heterocycles. The molecular formula is C17H19ClN2O3S. The maximum atomic E-state index is 11.7. The minimum absolute atomic E-state index is 0.108. The van der Waals surface area contributed by atoms with Crippen LogP contribution in [0.15, 0.2) is 29.6 Å². The lowest BCUT2D eigenvalue weighted by molar-refractivity contribution is -0.144. The van der Waals surface area contributed by atoms with E-state index in [2.05, 4.69) is 10.3 Å². The second kappa shape index (κ2) is 9.39. The van der Waals surface area contributed by atoms with Crippen molar-refractivity contribution < 1.29 is 14.3 Å². The Morgan fingerprint density at radius 2 is 2.00 bits per heavy atom. The van der Waals surface area contributed by atoms with Crippen molar-refractivity contribution in [2.75, 3.05) is 13.2 Å². The van der Waals surface area contributed by atoms with Crippen molar-refractivity contribution in [3.05, 3.63) is 40.4 Å². The van der Waals surface area contributed by atoms with Crippen LogP contribution in [0.3, 0.4) is 0 Å². The quantitative estimate of drug-likeness (QED) is 0.726. The van der Waals surface area contributed by atoms with Gasteiger partial charge in [-0.25, -0.2) is 4.98 Å². The summed E-state index contributed by atoms with van der Waals surface area (Å²) in [5, 5.41) is 6.39. The molecule has 0 fully saturated rings. The Balaban J connectivity index is 1.74. The molecule has 0 atom stereocenters. The fraction of sp³-hybridized carbons (Fsp3) is 0.353. The van der Waals surface area contributed by atoms with E-state index in [1.54, 1.807) is 18.3 Å². The number of nitrogens with zero attached hydrogens (tertiary/aromatic N) is 1. The van der Waals surface area contributed by atoms with Crippen LogP contribution in [0.4, 0.5) is 0 Å². The molecule has 1 N–H and O–H groups in total. The van der Waals surface area contributed by atoms with Gasteiger partial charge in [0.05, 0.1) is 18.7 Å². The Morgan fingerprint density at radius 3 is 2.71 bits per heavy atom. The summed E-state index contributed by atoms with van der Waals surface area (Å²) in [5.74, 6) is -0.504. The predicted molar refractivity (Wildman–Crippen MR) is 95.1 cm³/mol. The van der Waals surface area contributed by atoms with E-state index in [1.807, 2.05) is 29.6 Å². The van der Waals surface area contributed by atoms with Crippen molar-refractivity contribution in [1.29, 1.82) is 0 Å². The number of ether oxygens (including phenoxy) is 1. The van der Waals surface area contributed by atoms with Crippen LogP contribution in [0.5, 0.6) is 0 Å². The van der Waals surface area contributed by atoms with E-state index in [4.69, 9.17) is 16.3 Å². The number of aromatic nitrogens is 1. The summed E-state index contributed by atoms with van der Waals surface area (Å²) < 4.78 is 4.78. The Labute approximate surface area is 150 Å². The van der Waals surface area contributed by atoms with Gasteiger partial charge in [-0.2, -0.15) is 0 Å². The van der Waals surface area contributed by atoms with Gasteiger partial charge in [0.15, 0.2) is 0 Å². The third-order valence-electron chi connectivity index (χ3n) is 3.21. The number of hydrogen-bond acceptors (Lipinski definition) is 5. The molecule has 5 nitrogen and oxygen atoms in total. The van der Waals surface area contributed by atoms with E-state index in [0.717, 1.165) is 16.3 Å². The van der Waals surface area contributed by atoms with Gasteiger partial charge in [0, 0.05) is 35.4 Å². The zero-order valence-corrected chi connectivity index (χ0v) is 15.0. The number of hydrogen-bond donors (Lipinski definition) is 1. The highest BCUT2D eigenvalue weighted by molar-refractivity contribution is 7.13. The van der Waals surface area contributed by atoms with Crippen molar-refractivity contribution in [3.63, 3.8) is 0 Å². The Bertz CT molecular complexity index is 685. The first kappa shape index (κ1) is 18.4. The van der Waals surface area contributed by atoms with Gasteiger partial charge in [-0.3, -0.25) is 9.59 Å². The van der Waals surface area contributed by atoms with Gasteiger partial charge in [-0.1, -0.05) is 23.7 Å². The molecule has 0 aliphatic rings. The number of halogens is 1. The molecule has 24 heavy (non-hydrogen) atoms. The molecule has 1 amide bonds. The summed E-state index contributed by atoms with van der Waals surface area (Å²) in [5.41, 5.74) is 1.95. The number of thiazole rings is 1. The maximum absolute atomic E-state index is 11.7. The van der Waals surface area contributed by atoms with Crippen LogP contribution < -0.4 is 5.32 Å². The first-order chi connectivity index (χ1) is 11.6. The molecule has 0 aliphatic carbocycles. The molecule has 0 bridgehead atoms. The van der Waals surface area contributed by atoms with Gasteiger partial charge in [0.1, 0.15) is 5.01 Å². The lowest BCUT2D eigenvalue weighted by Gasteiger charge is -2.04. The van der Waals surface area contributed by atoms with Crippen LogP contribution >= 0.6 is 22.9 Å². The molecular weight excluding hydrogens is 348 g/mol. The smallest absolute Gasteiger partial charge is 0.306 e. The van der Waals surface area contributed by atoms with Crippen LogP contribution in [-0.2, 0) is 20.7 Å². The number of carbonyl (C=O) groups excluding carboxylic acids is 2. The highest BCUT2D eigenvalue weighted by Crippen LogP contribution is 2.25. The molecule has 0 aliphatic heterocycles. The molecule has 0 spiro atoms. The largest absolute Gasteiger partial charge is 0.466 e. The summed E-state index contributed by atoms with van der Waals surface area (Å²) >= 11 is 7.44. The molecule has 2 aromatic rings. The molecule has 0 unspecified atom stereocenters. The maximum Gasteiger partial charge on any atom is 0.306 e. The van der Waals surface area contributed by atoms with Crippen molar-refractivity contribution in [2.45, 2.75) is 26.2 Å². The highest BCUT2D eigenvalue weighted by Gasteiger charge is 2.08. The van der Waals surface area contributed by atoms with Gasteiger partial charge in [-0.05, 0) is 19.1 Å². The van der Waals surface area contributed by atoms with E-state index in [1.165, 1.54) is 0 Å². The molecule has 1 heterocycles. The zero-order chi connectivity index (χ0) is 17.4. The van der Waals surface area contributed by atoms with E-state index < -0.39 is 0 Å². The second-order valence-corrected chi connectivity index (χ2v) is 6.35. The highest BCUT2D eigenvalue weighted by atomic mass is 35.5. The summed E-state index contributed by atoms with van der Waals surface area (Å²) in [6, 6.07) is 7.54. The van der Waals surface area contributed by atoms with Gasteiger partial charge in [-0.15, -0.1) is 11.3 Å². The first-order valence-electron chi connectivity index (χ1n) is 7.71. The first-order valence-corrected chi connectivity index (χ1v) is 8.97. The molecule has 0 saturated carbocycles. The van der Waals surface area contributed by atoms with E-state index in [0.29, 0.717) is 24.6 Å². The number of esters is 1. The lowest BCUT2D eigenvalue weighted by Crippen LogP contribution is -2.26. The van der Waals surface area contributed by atoms with Gasteiger partial charge in [0.2, 0.25) is 5.91 Å². The van der Waals surface area contributed by atoms with Crippen LogP contribution in [0.1, 0.15) is 25.5 Å². The second-order valence-electron chi connectivity index (χ2n) is 5.06. The number of benzene rings is 1. The number of rotatable bonds is 8. The van der Waals surface area contributed by atoms with Crippen molar-refractivity contribution >= 4 is 34.8 Å². The standard InChI is InChI=1S/C17H19ClN2O3S/c1-2-23-16(22)8-7-15(21)19-10-9-14-11-24-17(20-14)12-3-5-13(18)6-4-12/h3-6,11H,2,7-10H2,1H3,(H,19,21). The number of amides is 1. The SMILES string of the molecule is CCOC(=O)CCC(=O)NCCc1csc(-c2ccc(Cl)cc2)n1. The topological polar surface area (TPSA) is 68.3 Å². The minimum atomic E-state index is -0.347. The average Bonchev–Trinajstić information content (AvgIpc) is 3.03. The van der Waals surface area contributed by atoms with Gasteiger partial charge >= 0.3 is 5.97 Å². The molecule has 128 valence electrons. The molecule has 7 heteroatoms. The predicted octanol–water partition coefficient (Wildman–Crippen LogP) is 3.47. The van der Waals surface area contributed by atoms with Crippen LogP contribution in [0.25, 0.3) is 10.6 Å². The van der Waals surface area contributed by atoms with Crippen LogP contribution in [0, 0.1) is 0 Å². The van der Waals surface area contributed by atoms with Gasteiger partial charge < -0.3 is 10.1 Å². The summed E-state index contributed by atoms with van der Waals surface area (Å²) in [6.45, 7) is 2.57. The summed E-state index contributed by atoms with van der Waals surface area (Å²) in [4.78, 5) is 27.4. The number of nitrogens with one attached hydrogen (secondary N) is 1. The lowest BCUT2D eigenvalue weighted by atomic mass is 10.2. The number of carbonyl (C=O) groups is 2. The molecule has 1 aromatic heterocycles. The molecule has 2 rings (SSSR count). The van der Waals surface area contributed by atoms with Crippen molar-refractivity contribution in [1.82, 2.24) is 10.3 Å². The Kier molecular flexibility index (Phi) is 7.21. The third kappa shape index (κ3) is 5.94. The monoisotopic (exact) mass is 366 g/mol. The van der Waals surface area contributed by atoms with E-state index in [-0.39, 0.29) is 24.7 Å². The van der Waals surface area contributed by atoms with Gasteiger partial charge in [0.25, 0.3) is 0 Å². The summed E-state index contributed by atoms with van der Waals surface area (Å²) in [7, 11) is 0. The van der Waals surface area contributed by atoms with Crippen molar-refractivity contribution in [3.8, 4) is 10.6 Å². The van der Waals surface area contributed by atoms with Crippen molar-refractivity contribution in [2.24, 2.45) is 0 Å². The third-order valence-corrected chi connectivity index (χ3v) is 4.40. The normalized spacial score (nSPS) is 10.4. The fourth-order valence-corrected chi connectivity index (χ4v) is 3.00. The minimum Gasteiger partial charge on any atom is -0.466 e. The average molecular weight is 367 g/mol. The molecule has 1 aromatic carbocycles. The Morgan fingerprint density at radius 1 is 1.25 bits per heavy atom. The summed E-state index contributed by atoms with van der Waals surface area (Å²) in [6.07, 6.45) is 0.901. The van der Waals surface area contributed by atoms with Crippen LogP contribution in [-0.4, -0.2) is 30.0 Å². The van der Waals surface area contributed by atoms with E-state index >= 15 is 0 Å². The van der Waals surface area contributed by atoms with E-state index in [9.17, 15) is 9.59 Å². The Hall–Kier alpha value is -1.92. The fourth-order valence-electron chi connectivity index (χ4n) is 2.01. The zero-order valence-electron chi connectivity index (χ0n) is 13.4. The molecule has 0 radical (unpaired) electrons.